The number of fused-ring (bicyclic) bond motifs is 2. The summed E-state index contributed by atoms with van der Waals surface area (Å²) in [6, 6.07) is 13.7. The largest absolute Gasteiger partial charge is 0.351 e. The number of carbonyl (C=O) groups excluding carboxylic acids is 1. The molecule has 1 aromatic carbocycles. The average Bonchev–Trinajstić information content (AvgIpc) is 3.06. The molecule has 0 spiro atoms. The molecule has 28 heavy (non-hydrogen) atoms. The third kappa shape index (κ3) is 2.57. The molecule has 0 saturated carbocycles. The number of likely N-dealkylation sites (N-methyl/N-ethyl adjacent to an activating group) is 1. The lowest BCUT2D eigenvalue weighted by Gasteiger charge is -2.44. The zero-order chi connectivity index (χ0) is 19.3. The van der Waals surface area contributed by atoms with Crippen molar-refractivity contribution in [3.8, 4) is 0 Å². The van der Waals surface area contributed by atoms with E-state index in [0.29, 0.717) is 5.69 Å². The zero-order valence-corrected chi connectivity index (χ0v) is 15.6. The van der Waals surface area contributed by atoms with E-state index in [1.165, 1.54) is 0 Å². The number of rotatable bonds is 3. The smallest absolute Gasteiger partial charge is 0.273 e. The summed E-state index contributed by atoms with van der Waals surface area (Å²) in [7, 11) is 1.84. The number of pyridine rings is 1. The van der Waals surface area contributed by atoms with E-state index in [4.69, 9.17) is 0 Å². The third-order valence-corrected chi connectivity index (χ3v) is 5.34. The monoisotopic (exact) mass is 373 g/mol. The van der Waals surface area contributed by atoms with Gasteiger partial charge in [0.15, 0.2) is 11.5 Å². The predicted molar refractivity (Wildman–Crippen MR) is 105 cm³/mol. The van der Waals surface area contributed by atoms with E-state index in [1.807, 2.05) is 56.4 Å². The molecule has 5 rings (SSSR count). The SMILES string of the molecule is Cc1nnc2ccc(N3CC(N(C)C(=O)c4nccc5ccccc45)C3)nn12. The number of aromatic nitrogens is 5. The van der Waals surface area contributed by atoms with Crippen LogP contribution in [0.3, 0.4) is 0 Å². The van der Waals surface area contributed by atoms with Crippen LogP contribution in [-0.4, -0.2) is 61.8 Å². The standard InChI is InChI=1S/C20H19N7O/c1-13-22-23-17-7-8-18(24-27(13)17)26-11-15(12-26)25(2)20(28)19-16-6-4-3-5-14(16)9-10-21-19/h3-10,15H,11-12H2,1-2H3. The van der Waals surface area contributed by atoms with E-state index >= 15 is 0 Å². The van der Waals surface area contributed by atoms with Gasteiger partial charge in [-0.05, 0) is 30.5 Å². The maximum absolute atomic E-state index is 13.0. The van der Waals surface area contributed by atoms with Crippen LogP contribution in [-0.2, 0) is 0 Å². The summed E-state index contributed by atoms with van der Waals surface area (Å²) in [5, 5.41) is 14.6. The Kier molecular flexibility index (Phi) is 3.71. The second kappa shape index (κ2) is 6.26. The Labute approximate surface area is 161 Å². The Morgan fingerprint density at radius 1 is 1.11 bits per heavy atom. The molecule has 1 amide bonds. The van der Waals surface area contributed by atoms with Crippen LogP contribution in [0.4, 0.5) is 5.82 Å². The van der Waals surface area contributed by atoms with Crippen LogP contribution in [0.15, 0.2) is 48.7 Å². The molecule has 4 heterocycles. The zero-order valence-electron chi connectivity index (χ0n) is 15.6. The summed E-state index contributed by atoms with van der Waals surface area (Å²) >= 11 is 0. The van der Waals surface area contributed by atoms with Gasteiger partial charge in [-0.25, -0.2) is 0 Å². The number of carbonyl (C=O) groups is 1. The molecule has 0 atom stereocenters. The highest BCUT2D eigenvalue weighted by Gasteiger charge is 2.34. The van der Waals surface area contributed by atoms with E-state index in [0.717, 1.165) is 41.2 Å². The van der Waals surface area contributed by atoms with E-state index in [2.05, 4.69) is 25.2 Å². The molecular formula is C20H19N7O. The Balaban J connectivity index is 1.33. The van der Waals surface area contributed by atoms with Crippen molar-refractivity contribution in [3.63, 3.8) is 0 Å². The first kappa shape index (κ1) is 16.6. The van der Waals surface area contributed by atoms with E-state index < -0.39 is 0 Å². The lowest BCUT2D eigenvalue weighted by Crippen LogP contribution is -2.60. The van der Waals surface area contributed by atoms with Gasteiger partial charge < -0.3 is 9.80 Å². The molecule has 8 heteroatoms. The highest BCUT2D eigenvalue weighted by molar-refractivity contribution is 6.05. The van der Waals surface area contributed by atoms with Gasteiger partial charge in [-0.1, -0.05) is 24.3 Å². The minimum absolute atomic E-state index is 0.0560. The molecule has 1 aliphatic heterocycles. The van der Waals surface area contributed by atoms with Crippen molar-refractivity contribution in [1.82, 2.24) is 29.7 Å². The summed E-state index contributed by atoms with van der Waals surface area (Å²) in [4.78, 5) is 21.3. The van der Waals surface area contributed by atoms with Crippen LogP contribution in [0.5, 0.6) is 0 Å². The number of aryl methyl sites for hydroxylation is 1. The van der Waals surface area contributed by atoms with Crippen LogP contribution in [0.1, 0.15) is 16.3 Å². The number of nitrogens with zero attached hydrogens (tertiary/aromatic N) is 7. The number of amides is 1. The maximum atomic E-state index is 13.0. The lowest BCUT2D eigenvalue weighted by molar-refractivity contribution is 0.0701. The van der Waals surface area contributed by atoms with Gasteiger partial charge in [-0.15, -0.1) is 15.3 Å². The van der Waals surface area contributed by atoms with Crippen LogP contribution < -0.4 is 4.90 Å². The van der Waals surface area contributed by atoms with Gasteiger partial charge in [0.1, 0.15) is 11.5 Å². The van der Waals surface area contributed by atoms with Gasteiger partial charge in [-0.3, -0.25) is 9.78 Å². The molecule has 0 unspecified atom stereocenters. The van der Waals surface area contributed by atoms with Gasteiger partial charge >= 0.3 is 0 Å². The fourth-order valence-corrected chi connectivity index (χ4v) is 3.57. The minimum Gasteiger partial charge on any atom is -0.351 e. The number of hydrogen-bond acceptors (Lipinski definition) is 6. The Morgan fingerprint density at radius 3 is 2.79 bits per heavy atom. The summed E-state index contributed by atoms with van der Waals surface area (Å²) in [6.07, 6.45) is 1.69. The van der Waals surface area contributed by atoms with Gasteiger partial charge in [0.2, 0.25) is 0 Å². The third-order valence-electron chi connectivity index (χ3n) is 5.34. The molecule has 0 radical (unpaired) electrons. The topological polar surface area (TPSA) is 79.5 Å². The van der Waals surface area contributed by atoms with Crippen LogP contribution in [0.2, 0.25) is 0 Å². The fourth-order valence-electron chi connectivity index (χ4n) is 3.57. The first-order chi connectivity index (χ1) is 13.6. The van der Waals surface area contributed by atoms with Crippen molar-refractivity contribution in [3.05, 3.63) is 60.2 Å². The maximum Gasteiger partial charge on any atom is 0.273 e. The van der Waals surface area contributed by atoms with Crippen LogP contribution in [0.25, 0.3) is 16.4 Å². The molecule has 3 aromatic heterocycles. The van der Waals surface area contributed by atoms with Crippen molar-refractivity contribution in [2.24, 2.45) is 0 Å². The number of benzene rings is 1. The number of hydrogen-bond donors (Lipinski definition) is 0. The van der Waals surface area contributed by atoms with Crippen molar-refractivity contribution in [2.75, 3.05) is 25.0 Å². The Morgan fingerprint density at radius 2 is 1.93 bits per heavy atom. The molecule has 1 saturated heterocycles. The summed E-state index contributed by atoms with van der Waals surface area (Å²) < 4.78 is 1.73. The first-order valence-electron chi connectivity index (χ1n) is 9.17. The quantitative estimate of drug-likeness (QED) is 0.546. The molecule has 1 fully saturated rings. The van der Waals surface area contributed by atoms with E-state index in [9.17, 15) is 4.79 Å². The Bertz CT molecular complexity index is 1190. The van der Waals surface area contributed by atoms with Crippen molar-refractivity contribution in [1.29, 1.82) is 0 Å². The highest BCUT2D eigenvalue weighted by Crippen LogP contribution is 2.24. The number of anilines is 1. The van der Waals surface area contributed by atoms with Gasteiger partial charge in [-0.2, -0.15) is 4.52 Å². The lowest BCUT2D eigenvalue weighted by atomic mass is 10.1. The van der Waals surface area contributed by atoms with Crippen molar-refractivity contribution < 1.29 is 4.79 Å². The second-order valence-corrected chi connectivity index (χ2v) is 7.06. The van der Waals surface area contributed by atoms with E-state index in [1.54, 1.807) is 15.6 Å². The molecule has 0 N–H and O–H groups in total. The highest BCUT2D eigenvalue weighted by atomic mass is 16.2. The normalized spacial score (nSPS) is 14.4. The average molecular weight is 373 g/mol. The van der Waals surface area contributed by atoms with Crippen LogP contribution in [0, 0.1) is 6.92 Å². The summed E-state index contributed by atoms with van der Waals surface area (Å²) in [5.41, 5.74) is 1.23. The molecule has 4 aromatic rings. The molecule has 0 aliphatic carbocycles. The Hall–Kier alpha value is -3.55. The van der Waals surface area contributed by atoms with Crippen LogP contribution >= 0.6 is 0 Å². The van der Waals surface area contributed by atoms with Gasteiger partial charge in [0.05, 0.1) is 6.04 Å². The van der Waals surface area contributed by atoms with Gasteiger partial charge in [0.25, 0.3) is 5.91 Å². The van der Waals surface area contributed by atoms with E-state index in [-0.39, 0.29) is 11.9 Å². The first-order valence-corrected chi connectivity index (χ1v) is 9.17. The predicted octanol–water partition coefficient (Wildman–Crippen LogP) is 1.94. The van der Waals surface area contributed by atoms with Crippen molar-refractivity contribution in [2.45, 2.75) is 13.0 Å². The summed E-state index contributed by atoms with van der Waals surface area (Å²) in [6.45, 7) is 3.33. The molecule has 0 bridgehead atoms. The minimum atomic E-state index is -0.0560. The molecule has 140 valence electrons. The molecular weight excluding hydrogens is 354 g/mol. The fraction of sp³-hybridized carbons (Fsp3) is 0.250. The van der Waals surface area contributed by atoms with Crippen molar-refractivity contribution >= 4 is 28.1 Å². The second-order valence-electron chi connectivity index (χ2n) is 7.06. The molecule has 1 aliphatic rings. The summed E-state index contributed by atoms with van der Waals surface area (Å²) in [5.74, 6) is 1.55. The molecule has 8 nitrogen and oxygen atoms in total. The van der Waals surface area contributed by atoms with Gasteiger partial charge in [0, 0.05) is 31.7 Å².